The minimum absolute atomic E-state index is 0.903. The number of aromatic nitrogens is 1. The summed E-state index contributed by atoms with van der Waals surface area (Å²) in [6.07, 6.45) is 2.78. The van der Waals surface area contributed by atoms with E-state index < -0.39 is 0 Å². The molecule has 0 amide bonds. The highest BCUT2D eigenvalue weighted by atomic mass is 79.9. The zero-order chi connectivity index (χ0) is 13.0. The summed E-state index contributed by atoms with van der Waals surface area (Å²) in [6.45, 7) is 5.15. The zero-order valence-electron chi connectivity index (χ0n) is 10.7. The van der Waals surface area contributed by atoms with Crippen LogP contribution in [0.25, 0.3) is 0 Å². The van der Waals surface area contributed by atoms with Gasteiger partial charge in [-0.25, -0.2) is 0 Å². The van der Waals surface area contributed by atoms with Crippen molar-refractivity contribution in [2.24, 2.45) is 0 Å². The molecule has 2 nitrogen and oxygen atoms in total. The number of nitrogens with zero attached hydrogens (tertiary/aromatic N) is 1. The van der Waals surface area contributed by atoms with Crippen LogP contribution >= 0.6 is 15.9 Å². The number of hydrogen-bond donors (Lipinski definition) is 1. The second kappa shape index (κ2) is 6.01. The van der Waals surface area contributed by atoms with Gasteiger partial charge in [0.1, 0.15) is 0 Å². The van der Waals surface area contributed by atoms with Crippen LogP contribution in [0.3, 0.4) is 0 Å². The highest BCUT2D eigenvalue weighted by Gasteiger charge is 2.03. The second-order valence-electron chi connectivity index (χ2n) is 4.41. The lowest BCUT2D eigenvalue weighted by Gasteiger charge is -2.13. The van der Waals surface area contributed by atoms with Gasteiger partial charge in [0, 0.05) is 35.0 Å². The molecule has 0 aliphatic heterocycles. The van der Waals surface area contributed by atoms with Gasteiger partial charge in [0.05, 0.1) is 0 Å². The number of hydrogen-bond acceptors (Lipinski definition) is 2. The first-order valence-corrected chi connectivity index (χ1v) is 6.86. The predicted molar refractivity (Wildman–Crippen MR) is 80.0 cm³/mol. The minimum atomic E-state index is 0.903. The third-order valence-corrected chi connectivity index (χ3v) is 3.36. The fraction of sp³-hybridized carbons (Fsp3) is 0.267. The molecule has 0 bridgehead atoms. The molecular weight excluding hydrogens is 288 g/mol. The maximum absolute atomic E-state index is 4.32. The lowest BCUT2D eigenvalue weighted by atomic mass is 10.1. The maximum atomic E-state index is 4.32. The Bertz CT molecular complexity index is 500. The highest BCUT2D eigenvalue weighted by molar-refractivity contribution is 9.10. The van der Waals surface area contributed by atoms with E-state index in [-0.39, 0.29) is 0 Å². The Morgan fingerprint density at radius 1 is 1.17 bits per heavy atom. The zero-order valence-corrected chi connectivity index (χ0v) is 12.3. The number of nitrogens with one attached hydrogen (secondary N) is 1. The molecule has 1 aromatic heterocycles. The Kier molecular flexibility index (Phi) is 4.37. The average molecular weight is 305 g/mol. The van der Waals surface area contributed by atoms with Crippen LogP contribution in [0, 0.1) is 13.8 Å². The summed E-state index contributed by atoms with van der Waals surface area (Å²) in [5.74, 6) is 0. The van der Waals surface area contributed by atoms with E-state index in [1.165, 1.54) is 16.8 Å². The molecule has 0 aliphatic rings. The van der Waals surface area contributed by atoms with Crippen LogP contribution in [0.2, 0.25) is 0 Å². The Labute approximate surface area is 117 Å². The van der Waals surface area contributed by atoms with Crippen molar-refractivity contribution in [1.29, 1.82) is 0 Å². The van der Waals surface area contributed by atoms with E-state index in [0.717, 1.165) is 23.1 Å². The van der Waals surface area contributed by atoms with Gasteiger partial charge in [-0.05, 0) is 49.2 Å². The van der Waals surface area contributed by atoms with Gasteiger partial charge in [-0.1, -0.05) is 22.0 Å². The molecule has 2 aromatic rings. The molecule has 18 heavy (non-hydrogen) atoms. The second-order valence-corrected chi connectivity index (χ2v) is 5.33. The monoisotopic (exact) mass is 304 g/mol. The Morgan fingerprint density at radius 3 is 2.50 bits per heavy atom. The summed E-state index contributed by atoms with van der Waals surface area (Å²) < 4.78 is 1.13. The van der Waals surface area contributed by atoms with Gasteiger partial charge in [0.15, 0.2) is 0 Å². The van der Waals surface area contributed by atoms with E-state index in [9.17, 15) is 0 Å². The van der Waals surface area contributed by atoms with Gasteiger partial charge in [0.25, 0.3) is 0 Å². The third-order valence-electron chi connectivity index (χ3n) is 2.91. The van der Waals surface area contributed by atoms with Crippen molar-refractivity contribution in [3.63, 3.8) is 0 Å². The van der Waals surface area contributed by atoms with Crippen molar-refractivity contribution in [2.45, 2.75) is 20.3 Å². The van der Waals surface area contributed by atoms with Gasteiger partial charge < -0.3 is 5.32 Å². The Balaban J connectivity index is 1.99. The largest absolute Gasteiger partial charge is 0.384 e. The normalized spacial score (nSPS) is 10.4. The molecule has 0 radical (unpaired) electrons. The van der Waals surface area contributed by atoms with Crippen molar-refractivity contribution in [1.82, 2.24) is 4.98 Å². The molecule has 1 N–H and O–H groups in total. The van der Waals surface area contributed by atoms with Gasteiger partial charge in [-0.3, -0.25) is 4.98 Å². The van der Waals surface area contributed by atoms with E-state index >= 15 is 0 Å². The fourth-order valence-electron chi connectivity index (χ4n) is 2.05. The molecule has 0 atom stereocenters. The molecule has 94 valence electrons. The van der Waals surface area contributed by atoms with E-state index in [1.807, 2.05) is 18.3 Å². The van der Waals surface area contributed by atoms with Crippen LogP contribution in [0.1, 0.15) is 16.8 Å². The standard InChI is InChI=1S/C15H17BrN2/c1-11-9-13(16)10-12(2)15(11)18-8-6-14-5-3-4-7-17-14/h3-5,7,9-10,18H,6,8H2,1-2H3. The predicted octanol–water partition coefficient (Wildman–Crippen LogP) is 4.12. The van der Waals surface area contributed by atoms with Crippen molar-refractivity contribution >= 4 is 21.6 Å². The highest BCUT2D eigenvalue weighted by Crippen LogP contribution is 2.24. The molecule has 0 aliphatic carbocycles. The molecule has 1 aromatic carbocycles. The topological polar surface area (TPSA) is 24.9 Å². The van der Waals surface area contributed by atoms with Crippen molar-refractivity contribution in [3.8, 4) is 0 Å². The lowest BCUT2D eigenvalue weighted by molar-refractivity contribution is 0.958. The number of aryl methyl sites for hydroxylation is 2. The van der Waals surface area contributed by atoms with E-state index in [4.69, 9.17) is 0 Å². The first-order valence-electron chi connectivity index (χ1n) is 6.07. The smallest absolute Gasteiger partial charge is 0.0421 e. The first-order chi connectivity index (χ1) is 8.66. The molecule has 0 saturated carbocycles. The third kappa shape index (κ3) is 3.33. The fourth-order valence-corrected chi connectivity index (χ4v) is 2.74. The van der Waals surface area contributed by atoms with E-state index in [2.05, 4.69) is 58.3 Å². The van der Waals surface area contributed by atoms with E-state index in [1.54, 1.807) is 0 Å². The molecular formula is C15H17BrN2. The van der Waals surface area contributed by atoms with Crippen LogP contribution in [-0.2, 0) is 6.42 Å². The van der Waals surface area contributed by atoms with Crippen LogP contribution in [0.5, 0.6) is 0 Å². The number of anilines is 1. The summed E-state index contributed by atoms with van der Waals surface area (Å²) in [4.78, 5) is 4.32. The van der Waals surface area contributed by atoms with E-state index in [0.29, 0.717) is 0 Å². The summed E-state index contributed by atoms with van der Waals surface area (Å²) in [7, 11) is 0. The van der Waals surface area contributed by atoms with Gasteiger partial charge in [-0.2, -0.15) is 0 Å². The molecule has 3 heteroatoms. The SMILES string of the molecule is Cc1cc(Br)cc(C)c1NCCc1ccccn1. The lowest BCUT2D eigenvalue weighted by Crippen LogP contribution is -2.08. The summed E-state index contributed by atoms with van der Waals surface area (Å²) in [5, 5.41) is 3.50. The van der Waals surface area contributed by atoms with Crippen LogP contribution < -0.4 is 5.32 Å². The number of pyridine rings is 1. The summed E-state index contributed by atoms with van der Waals surface area (Å²) in [5.41, 5.74) is 4.89. The molecule has 0 saturated heterocycles. The Hall–Kier alpha value is -1.35. The first kappa shape index (κ1) is 13.1. The molecule has 0 spiro atoms. The number of rotatable bonds is 4. The van der Waals surface area contributed by atoms with Crippen molar-refractivity contribution < 1.29 is 0 Å². The summed E-state index contributed by atoms with van der Waals surface area (Å²) >= 11 is 3.51. The van der Waals surface area contributed by atoms with Crippen molar-refractivity contribution in [2.75, 3.05) is 11.9 Å². The Morgan fingerprint density at radius 2 is 1.89 bits per heavy atom. The number of benzene rings is 1. The quantitative estimate of drug-likeness (QED) is 0.919. The van der Waals surface area contributed by atoms with Crippen LogP contribution in [0.15, 0.2) is 41.0 Å². The number of halogens is 1. The van der Waals surface area contributed by atoms with Gasteiger partial charge >= 0.3 is 0 Å². The molecule has 0 unspecified atom stereocenters. The van der Waals surface area contributed by atoms with Gasteiger partial charge in [0.2, 0.25) is 0 Å². The summed E-state index contributed by atoms with van der Waals surface area (Å²) in [6, 6.07) is 10.3. The van der Waals surface area contributed by atoms with Gasteiger partial charge in [-0.15, -0.1) is 0 Å². The minimum Gasteiger partial charge on any atom is -0.384 e. The molecule has 2 rings (SSSR count). The molecule has 0 fully saturated rings. The maximum Gasteiger partial charge on any atom is 0.0421 e. The average Bonchev–Trinajstić information content (AvgIpc) is 2.34. The van der Waals surface area contributed by atoms with Crippen LogP contribution in [-0.4, -0.2) is 11.5 Å². The van der Waals surface area contributed by atoms with Crippen LogP contribution in [0.4, 0.5) is 5.69 Å². The van der Waals surface area contributed by atoms with Crippen molar-refractivity contribution in [3.05, 3.63) is 57.8 Å². The molecule has 1 heterocycles.